The van der Waals surface area contributed by atoms with Gasteiger partial charge in [-0.05, 0) is 31.0 Å². The molecule has 0 radical (unpaired) electrons. The second kappa shape index (κ2) is 6.12. The number of hydrogen-bond acceptors (Lipinski definition) is 4. The minimum absolute atomic E-state index is 0.0575. The quantitative estimate of drug-likeness (QED) is 0.837. The van der Waals surface area contributed by atoms with Crippen LogP contribution >= 0.6 is 0 Å². The molecule has 0 saturated heterocycles. The fourth-order valence-corrected chi connectivity index (χ4v) is 2.40. The summed E-state index contributed by atoms with van der Waals surface area (Å²) < 4.78 is 22.4. The molecule has 0 aromatic carbocycles. The maximum atomic E-state index is 11.2. The van der Waals surface area contributed by atoms with Crippen LogP contribution in [-0.4, -0.2) is 32.0 Å². The van der Waals surface area contributed by atoms with Gasteiger partial charge in [0.05, 0.1) is 5.75 Å². The van der Waals surface area contributed by atoms with E-state index in [1.165, 1.54) is 6.26 Å². The Morgan fingerprint density at radius 2 is 2.12 bits per heavy atom. The van der Waals surface area contributed by atoms with E-state index in [2.05, 4.69) is 10.3 Å². The predicted molar refractivity (Wildman–Crippen MR) is 69.7 cm³/mol. The van der Waals surface area contributed by atoms with E-state index in [1.54, 1.807) is 12.4 Å². The molecule has 0 aliphatic heterocycles. The topological polar surface area (TPSA) is 59.1 Å². The van der Waals surface area contributed by atoms with Crippen molar-refractivity contribution in [2.75, 3.05) is 18.6 Å². The van der Waals surface area contributed by atoms with Gasteiger partial charge in [-0.1, -0.05) is 13.0 Å². The maximum Gasteiger partial charge on any atom is 0.147 e. The summed E-state index contributed by atoms with van der Waals surface area (Å²) in [5, 5.41) is 3.29. The van der Waals surface area contributed by atoms with Gasteiger partial charge in [0.1, 0.15) is 9.84 Å². The molecule has 1 N–H and O–H groups in total. The molecule has 1 atom stereocenters. The van der Waals surface area contributed by atoms with E-state index in [-0.39, 0.29) is 11.8 Å². The summed E-state index contributed by atoms with van der Waals surface area (Å²) >= 11 is 0. The molecular formula is C12H20N2O2S. The molecule has 1 aromatic heterocycles. The van der Waals surface area contributed by atoms with E-state index >= 15 is 0 Å². The second-order valence-electron chi connectivity index (χ2n) is 4.32. The Bertz CT molecular complexity index is 457. The van der Waals surface area contributed by atoms with Gasteiger partial charge in [-0.15, -0.1) is 0 Å². The van der Waals surface area contributed by atoms with Crippen LogP contribution in [0.3, 0.4) is 0 Å². The number of aryl methyl sites for hydroxylation is 1. The first-order valence-corrected chi connectivity index (χ1v) is 7.81. The average molecular weight is 256 g/mol. The summed E-state index contributed by atoms with van der Waals surface area (Å²) in [5.41, 5.74) is 2.14. The minimum atomic E-state index is -2.92. The van der Waals surface area contributed by atoms with Crippen molar-refractivity contribution in [1.82, 2.24) is 10.3 Å². The van der Waals surface area contributed by atoms with E-state index < -0.39 is 9.84 Å². The Balaban J connectivity index is 2.78. The van der Waals surface area contributed by atoms with Crippen LogP contribution in [0.1, 0.15) is 30.5 Å². The number of hydrogen-bond donors (Lipinski definition) is 1. The van der Waals surface area contributed by atoms with E-state index in [0.717, 1.165) is 17.7 Å². The van der Waals surface area contributed by atoms with Crippen molar-refractivity contribution >= 4 is 9.84 Å². The molecule has 0 aliphatic rings. The van der Waals surface area contributed by atoms with Gasteiger partial charge < -0.3 is 5.32 Å². The molecule has 96 valence electrons. The molecule has 17 heavy (non-hydrogen) atoms. The van der Waals surface area contributed by atoms with Crippen LogP contribution in [0.5, 0.6) is 0 Å². The number of sulfone groups is 1. The third-order valence-corrected chi connectivity index (χ3v) is 3.50. The van der Waals surface area contributed by atoms with Crippen molar-refractivity contribution in [3.8, 4) is 0 Å². The molecule has 1 heterocycles. The summed E-state index contributed by atoms with van der Waals surface area (Å²) in [5.74, 6) is 0.193. The van der Waals surface area contributed by atoms with Crippen molar-refractivity contribution in [3.05, 3.63) is 29.6 Å². The monoisotopic (exact) mass is 256 g/mol. The van der Waals surface area contributed by atoms with Crippen LogP contribution in [-0.2, 0) is 9.84 Å². The molecule has 0 amide bonds. The lowest BCUT2D eigenvalue weighted by Gasteiger charge is -2.17. The largest absolute Gasteiger partial charge is 0.310 e. The lowest BCUT2D eigenvalue weighted by Crippen LogP contribution is -2.23. The Kier molecular flexibility index (Phi) is 5.08. The number of pyridine rings is 1. The van der Waals surface area contributed by atoms with Crippen LogP contribution in [0.2, 0.25) is 0 Å². The Labute approximate surface area is 103 Å². The van der Waals surface area contributed by atoms with E-state index in [4.69, 9.17) is 0 Å². The lowest BCUT2D eigenvalue weighted by atomic mass is 10.1. The highest BCUT2D eigenvalue weighted by Crippen LogP contribution is 2.17. The van der Waals surface area contributed by atoms with Gasteiger partial charge >= 0.3 is 0 Å². The number of nitrogens with zero attached hydrogens (tertiary/aromatic N) is 1. The average Bonchev–Trinajstić information content (AvgIpc) is 2.23. The summed E-state index contributed by atoms with van der Waals surface area (Å²) in [6.07, 6.45) is 5.44. The molecular weight excluding hydrogens is 236 g/mol. The van der Waals surface area contributed by atoms with Crippen molar-refractivity contribution in [2.24, 2.45) is 0 Å². The summed E-state index contributed by atoms with van der Waals surface area (Å²) in [4.78, 5) is 4.14. The Morgan fingerprint density at radius 3 is 2.65 bits per heavy atom. The first kappa shape index (κ1) is 14.1. The molecule has 0 bridgehead atoms. The van der Waals surface area contributed by atoms with Crippen LogP contribution in [0.15, 0.2) is 18.5 Å². The molecule has 0 spiro atoms. The molecule has 0 fully saturated rings. The molecule has 4 nitrogen and oxygen atoms in total. The fourth-order valence-electron chi connectivity index (χ4n) is 1.73. The maximum absolute atomic E-state index is 11.2. The van der Waals surface area contributed by atoms with Crippen molar-refractivity contribution in [2.45, 2.75) is 26.3 Å². The number of nitrogens with one attached hydrogen (secondary N) is 1. The number of rotatable bonds is 6. The van der Waals surface area contributed by atoms with Crippen molar-refractivity contribution < 1.29 is 8.42 Å². The second-order valence-corrected chi connectivity index (χ2v) is 6.58. The summed E-state index contributed by atoms with van der Waals surface area (Å²) in [7, 11) is -2.92. The molecule has 0 saturated carbocycles. The van der Waals surface area contributed by atoms with Gasteiger partial charge in [0.15, 0.2) is 0 Å². The normalized spacial score (nSPS) is 13.6. The molecule has 1 aromatic rings. The highest BCUT2D eigenvalue weighted by Gasteiger charge is 2.13. The zero-order valence-corrected chi connectivity index (χ0v) is 11.4. The minimum Gasteiger partial charge on any atom is -0.310 e. The predicted octanol–water partition coefficient (Wildman–Crippen LogP) is 1.48. The molecule has 0 aliphatic carbocycles. The molecule has 5 heteroatoms. The van der Waals surface area contributed by atoms with Crippen molar-refractivity contribution in [1.29, 1.82) is 0 Å². The van der Waals surface area contributed by atoms with Gasteiger partial charge in [0, 0.05) is 24.7 Å². The molecule has 1 unspecified atom stereocenters. The van der Waals surface area contributed by atoms with Gasteiger partial charge in [-0.25, -0.2) is 8.42 Å². The van der Waals surface area contributed by atoms with Crippen LogP contribution in [0.25, 0.3) is 0 Å². The van der Waals surface area contributed by atoms with Crippen LogP contribution in [0.4, 0.5) is 0 Å². The standard InChI is InChI=1S/C12H20N2O2S/c1-4-14-12(5-6-17(3,15)16)11-7-10(2)8-13-9-11/h7-9,12,14H,4-6H2,1-3H3. The third-order valence-electron chi connectivity index (χ3n) is 2.53. The Hall–Kier alpha value is -0.940. The zero-order chi connectivity index (χ0) is 12.9. The van der Waals surface area contributed by atoms with Crippen LogP contribution < -0.4 is 5.32 Å². The zero-order valence-electron chi connectivity index (χ0n) is 10.6. The van der Waals surface area contributed by atoms with E-state index in [1.807, 2.05) is 19.9 Å². The van der Waals surface area contributed by atoms with Gasteiger partial charge in [0.25, 0.3) is 0 Å². The lowest BCUT2D eigenvalue weighted by molar-refractivity contribution is 0.528. The highest BCUT2D eigenvalue weighted by atomic mass is 32.2. The SMILES string of the molecule is CCNC(CCS(C)(=O)=O)c1cncc(C)c1. The van der Waals surface area contributed by atoms with Gasteiger partial charge in [0.2, 0.25) is 0 Å². The van der Waals surface area contributed by atoms with Crippen molar-refractivity contribution in [3.63, 3.8) is 0 Å². The molecule has 1 rings (SSSR count). The van der Waals surface area contributed by atoms with Gasteiger partial charge in [-0.3, -0.25) is 4.98 Å². The summed E-state index contributed by atoms with van der Waals surface area (Å²) in [6, 6.07) is 2.10. The Morgan fingerprint density at radius 1 is 1.41 bits per heavy atom. The van der Waals surface area contributed by atoms with Crippen LogP contribution in [0, 0.1) is 6.92 Å². The van der Waals surface area contributed by atoms with Gasteiger partial charge in [-0.2, -0.15) is 0 Å². The first-order valence-electron chi connectivity index (χ1n) is 5.75. The third kappa shape index (κ3) is 5.28. The van der Waals surface area contributed by atoms with E-state index in [0.29, 0.717) is 6.42 Å². The highest BCUT2D eigenvalue weighted by molar-refractivity contribution is 7.90. The summed E-state index contributed by atoms with van der Waals surface area (Å²) in [6.45, 7) is 4.80. The number of aromatic nitrogens is 1. The fraction of sp³-hybridized carbons (Fsp3) is 0.583. The van der Waals surface area contributed by atoms with E-state index in [9.17, 15) is 8.42 Å². The first-order chi connectivity index (χ1) is 7.92. The smallest absolute Gasteiger partial charge is 0.147 e.